The number of carbonyl (C=O) groups is 1. The molecule has 3 N–H and O–H groups in total. The smallest absolute Gasteiger partial charge is 0.240 e. The molecular formula is C25H25N5O3S. The molecule has 34 heavy (non-hydrogen) atoms. The van der Waals surface area contributed by atoms with E-state index >= 15 is 0 Å². The molecule has 2 heterocycles. The maximum atomic E-state index is 12.9. The molecule has 2 aromatic carbocycles. The van der Waals surface area contributed by atoms with Gasteiger partial charge in [0.25, 0.3) is 0 Å². The van der Waals surface area contributed by atoms with Gasteiger partial charge in [-0.15, -0.1) is 0 Å². The van der Waals surface area contributed by atoms with E-state index in [4.69, 9.17) is 0 Å². The van der Waals surface area contributed by atoms with Crippen LogP contribution in [0.4, 0.5) is 17.3 Å². The fraction of sp³-hybridized carbons (Fsp3) is 0.320. The number of para-hydroxylation sites is 1. The predicted octanol–water partition coefficient (Wildman–Crippen LogP) is 3.85. The van der Waals surface area contributed by atoms with Crippen molar-refractivity contribution in [1.82, 2.24) is 14.7 Å². The Kier molecular flexibility index (Phi) is 5.11. The summed E-state index contributed by atoms with van der Waals surface area (Å²) in [5.41, 5.74) is 3.67. The van der Waals surface area contributed by atoms with Gasteiger partial charge < -0.3 is 10.6 Å². The molecule has 0 saturated heterocycles. The van der Waals surface area contributed by atoms with E-state index in [0.717, 1.165) is 30.4 Å². The van der Waals surface area contributed by atoms with Crippen LogP contribution >= 0.6 is 0 Å². The number of amides is 1. The Morgan fingerprint density at radius 3 is 2.59 bits per heavy atom. The van der Waals surface area contributed by atoms with Crippen LogP contribution in [0, 0.1) is 11.8 Å². The van der Waals surface area contributed by atoms with Gasteiger partial charge in [0, 0.05) is 29.1 Å². The summed E-state index contributed by atoms with van der Waals surface area (Å²) in [4.78, 5) is 21.5. The van der Waals surface area contributed by atoms with E-state index in [2.05, 4.69) is 25.3 Å². The quantitative estimate of drug-likeness (QED) is 0.517. The zero-order chi connectivity index (χ0) is 23.3. The highest BCUT2D eigenvalue weighted by molar-refractivity contribution is 7.89. The first-order valence-electron chi connectivity index (χ1n) is 11.6. The normalized spacial score (nSPS) is 23.1. The highest BCUT2D eigenvalue weighted by Crippen LogP contribution is 2.44. The fourth-order valence-corrected chi connectivity index (χ4v) is 6.82. The van der Waals surface area contributed by atoms with Crippen LogP contribution < -0.4 is 15.4 Å². The summed E-state index contributed by atoms with van der Waals surface area (Å²) in [6.07, 6.45) is 6.30. The third-order valence-corrected chi connectivity index (χ3v) is 8.64. The summed E-state index contributed by atoms with van der Waals surface area (Å²) in [5.74, 6) is 1.41. The lowest BCUT2D eigenvalue weighted by Crippen LogP contribution is -2.38. The lowest BCUT2D eigenvalue weighted by molar-refractivity contribution is -0.115. The van der Waals surface area contributed by atoms with Crippen LogP contribution in [0.3, 0.4) is 0 Å². The van der Waals surface area contributed by atoms with Gasteiger partial charge in [-0.2, -0.15) is 0 Å². The van der Waals surface area contributed by atoms with Crippen LogP contribution in [-0.4, -0.2) is 30.3 Å². The van der Waals surface area contributed by atoms with E-state index < -0.39 is 10.0 Å². The average molecular weight is 476 g/mol. The second-order valence-corrected chi connectivity index (χ2v) is 11.1. The number of fused-ring (bicyclic) bond motifs is 5. The van der Waals surface area contributed by atoms with Crippen LogP contribution in [0.5, 0.6) is 0 Å². The minimum absolute atomic E-state index is 0.0544. The number of anilines is 3. The van der Waals surface area contributed by atoms with E-state index in [0.29, 0.717) is 34.9 Å². The number of hydrogen-bond acceptors (Lipinski definition) is 6. The van der Waals surface area contributed by atoms with E-state index in [1.54, 1.807) is 30.5 Å². The van der Waals surface area contributed by atoms with Crippen molar-refractivity contribution < 1.29 is 13.2 Å². The van der Waals surface area contributed by atoms with Crippen LogP contribution in [0.2, 0.25) is 0 Å². The highest BCUT2D eigenvalue weighted by Gasteiger charge is 2.41. The first-order valence-corrected chi connectivity index (χ1v) is 13.1. The van der Waals surface area contributed by atoms with Gasteiger partial charge in [-0.1, -0.05) is 24.6 Å². The number of nitrogens with one attached hydrogen (secondary N) is 3. The van der Waals surface area contributed by atoms with Gasteiger partial charge in [0.15, 0.2) is 0 Å². The Morgan fingerprint density at radius 2 is 1.82 bits per heavy atom. The Hall–Kier alpha value is -3.30. The summed E-state index contributed by atoms with van der Waals surface area (Å²) >= 11 is 0. The number of hydrogen-bond donors (Lipinski definition) is 3. The molecule has 3 atom stereocenters. The molecule has 2 aliphatic carbocycles. The monoisotopic (exact) mass is 475 g/mol. The molecule has 3 aliphatic rings. The SMILES string of the molecule is O=C1Cc2cnc(Nc3ccc(S(=O)(=O)N[C@@H]4C[C@H]5CC[C@@H]4C5)cc3)nc2-c2ccccc2N1. The number of benzene rings is 2. The average Bonchev–Trinajstić information content (AvgIpc) is 3.40. The lowest BCUT2D eigenvalue weighted by atomic mass is 9.96. The van der Waals surface area contributed by atoms with Gasteiger partial charge in [0.1, 0.15) is 0 Å². The van der Waals surface area contributed by atoms with Gasteiger partial charge in [-0.05, 0) is 61.4 Å². The Morgan fingerprint density at radius 1 is 1.00 bits per heavy atom. The van der Waals surface area contributed by atoms with Crippen LogP contribution in [0.1, 0.15) is 31.2 Å². The minimum atomic E-state index is -3.56. The molecule has 0 unspecified atom stereocenters. The number of sulfonamides is 1. The molecule has 1 aliphatic heterocycles. The van der Waals surface area contributed by atoms with Crippen molar-refractivity contribution in [3.63, 3.8) is 0 Å². The summed E-state index contributed by atoms with van der Waals surface area (Å²) in [5, 5.41) is 6.05. The molecule has 0 radical (unpaired) electrons. The minimum Gasteiger partial charge on any atom is -0.325 e. The standard InChI is InChI=1S/C25H25N5O3S/c31-23-13-17-14-26-25(29-24(17)20-3-1-2-4-21(20)28-23)27-18-7-9-19(10-8-18)34(32,33)30-22-12-15-5-6-16(22)11-15/h1-4,7-10,14-16,22,30H,5-6,11-13H2,(H,28,31)(H,26,27,29)/t15-,16+,22+/m0/s1. The summed E-state index contributed by atoms with van der Waals surface area (Å²) in [7, 11) is -3.56. The van der Waals surface area contributed by atoms with Crippen molar-refractivity contribution in [3.05, 3.63) is 60.3 Å². The van der Waals surface area contributed by atoms with Crippen molar-refractivity contribution in [3.8, 4) is 11.3 Å². The van der Waals surface area contributed by atoms with Crippen molar-refractivity contribution in [2.75, 3.05) is 10.6 Å². The zero-order valence-corrected chi connectivity index (χ0v) is 19.3. The molecule has 9 heteroatoms. The summed E-state index contributed by atoms with van der Waals surface area (Å²) in [6.45, 7) is 0. The Labute approximate surface area is 198 Å². The van der Waals surface area contributed by atoms with Crippen molar-refractivity contribution in [2.24, 2.45) is 11.8 Å². The molecule has 1 aromatic heterocycles. The van der Waals surface area contributed by atoms with Crippen LogP contribution in [0.25, 0.3) is 11.3 Å². The van der Waals surface area contributed by atoms with Gasteiger partial charge in [0.05, 0.1) is 22.7 Å². The van der Waals surface area contributed by atoms with Crippen molar-refractivity contribution >= 4 is 33.3 Å². The van der Waals surface area contributed by atoms with Gasteiger partial charge in [-0.3, -0.25) is 4.79 Å². The van der Waals surface area contributed by atoms with Crippen molar-refractivity contribution in [1.29, 1.82) is 0 Å². The summed E-state index contributed by atoms with van der Waals surface area (Å²) < 4.78 is 28.7. The zero-order valence-electron chi connectivity index (χ0n) is 18.5. The number of nitrogens with zero attached hydrogens (tertiary/aromatic N) is 2. The molecule has 2 bridgehead atoms. The first kappa shape index (κ1) is 21.2. The maximum Gasteiger partial charge on any atom is 0.240 e. The van der Waals surface area contributed by atoms with Crippen LogP contribution in [0.15, 0.2) is 59.6 Å². The number of aromatic nitrogens is 2. The molecule has 2 saturated carbocycles. The molecule has 8 nitrogen and oxygen atoms in total. The molecule has 2 fully saturated rings. The third-order valence-electron chi connectivity index (χ3n) is 7.14. The van der Waals surface area contributed by atoms with Crippen LogP contribution in [-0.2, 0) is 21.2 Å². The lowest BCUT2D eigenvalue weighted by Gasteiger charge is -2.22. The number of carbonyl (C=O) groups excluding carboxylic acids is 1. The Bertz CT molecular complexity index is 1370. The van der Waals surface area contributed by atoms with Gasteiger partial charge in [0.2, 0.25) is 21.9 Å². The topological polar surface area (TPSA) is 113 Å². The molecular weight excluding hydrogens is 450 g/mol. The van der Waals surface area contributed by atoms with Gasteiger partial charge in [-0.25, -0.2) is 23.1 Å². The molecule has 1 amide bonds. The second-order valence-electron chi connectivity index (χ2n) is 9.39. The molecule has 174 valence electrons. The molecule has 3 aromatic rings. The summed E-state index contributed by atoms with van der Waals surface area (Å²) in [6, 6.07) is 14.2. The predicted molar refractivity (Wildman–Crippen MR) is 129 cm³/mol. The number of rotatable bonds is 5. The van der Waals surface area contributed by atoms with Gasteiger partial charge >= 0.3 is 0 Å². The first-order chi connectivity index (χ1) is 16.4. The van der Waals surface area contributed by atoms with E-state index in [1.165, 1.54) is 6.42 Å². The van der Waals surface area contributed by atoms with E-state index in [9.17, 15) is 13.2 Å². The van der Waals surface area contributed by atoms with Crippen molar-refractivity contribution in [2.45, 2.75) is 43.0 Å². The molecule has 6 rings (SSSR count). The Balaban J connectivity index is 1.21. The maximum absolute atomic E-state index is 12.9. The van der Waals surface area contributed by atoms with E-state index in [-0.39, 0.29) is 23.3 Å². The molecule has 0 spiro atoms. The third kappa shape index (κ3) is 3.95. The highest BCUT2D eigenvalue weighted by atomic mass is 32.2. The fourth-order valence-electron chi connectivity index (χ4n) is 5.50. The van der Waals surface area contributed by atoms with E-state index in [1.807, 2.05) is 24.3 Å². The largest absolute Gasteiger partial charge is 0.325 e. The second kappa shape index (κ2) is 8.18.